The molecule has 0 aromatic rings. The molecule has 1 heterocycles. The molecular weight excluding hydrogens is 316 g/mol. The molecule has 0 radical (unpaired) electrons. The van der Waals surface area contributed by atoms with Crippen LogP contribution in [-0.2, 0) is 24.7 Å². The molecule has 1 unspecified atom stereocenters. The Labute approximate surface area is 127 Å². The lowest BCUT2D eigenvalue weighted by Gasteiger charge is -2.25. The highest BCUT2D eigenvalue weighted by Gasteiger charge is 2.36. The first-order chi connectivity index (χ1) is 9.51. The predicted molar refractivity (Wildman–Crippen MR) is 81.1 cm³/mol. The average Bonchev–Trinajstić information content (AvgIpc) is 2.65. The maximum absolute atomic E-state index is 11.8. The molecule has 1 rings (SSSR count). The summed E-state index contributed by atoms with van der Waals surface area (Å²) in [6, 6.07) is -0.553. The monoisotopic (exact) mass is 340 g/mol. The van der Waals surface area contributed by atoms with Gasteiger partial charge in [-0.3, -0.25) is 4.79 Å². The third kappa shape index (κ3) is 6.31. The predicted octanol–water partition coefficient (Wildman–Crippen LogP) is -0.403. The van der Waals surface area contributed by atoms with Crippen molar-refractivity contribution < 1.29 is 21.6 Å². The summed E-state index contributed by atoms with van der Waals surface area (Å²) < 4.78 is 47.7. The number of sulfonamides is 1. The van der Waals surface area contributed by atoms with Crippen LogP contribution in [-0.4, -0.2) is 63.9 Å². The molecule has 9 heteroatoms. The number of carbonyl (C=O) groups is 1. The molecule has 0 aromatic heterocycles. The van der Waals surface area contributed by atoms with Gasteiger partial charge in [0, 0.05) is 25.6 Å². The van der Waals surface area contributed by atoms with Crippen molar-refractivity contribution in [3.8, 4) is 0 Å². The summed E-state index contributed by atoms with van der Waals surface area (Å²) in [5.41, 5.74) is 0. The van der Waals surface area contributed by atoms with E-state index in [1.807, 2.05) is 13.8 Å². The van der Waals surface area contributed by atoms with Gasteiger partial charge in [0.25, 0.3) is 0 Å². The minimum Gasteiger partial charge on any atom is -0.356 e. The quantitative estimate of drug-likeness (QED) is 0.679. The van der Waals surface area contributed by atoms with Gasteiger partial charge < -0.3 is 5.32 Å². The van der Waals surface area contributed by atoms with E-state index in [0.29, 0.717) is 18.9 Å². The first kappa shape index (κ1) is 18.4. The van der Waals surface area contributed by atoms with E-state index >= 15 is 0 Å². The van der Waals surface area contributed by atoms with Crippen molar-refractivity contribution in [2.75, 3.05) is 30.9 Å². The molecule has 0 bridgehead atoms. The highest BCUT2D eigenvalue weighted by Crippen LogP contribution is 2.20. The molecule has 7 nitrogen and oxygen atoms in total. The van der Waals surface area contributed by atoms with Crippen molar-refractivity contribution in [2.45, 2.75) is 32.7 Å². The molecule has 1 aliphatic rings. The molecule has 0 aliphatic carbocycles. The van der Waals surface area contributed by atoms with E-state index < -0.39 is 25.9 Å². The molecule has 0 saturated carbocycles. The lowest BCUT2D eigenvalue weighted by Crippen LogP contribution is -2.42. The molecule has 1 fully saturated rings. The Hall–Kier alpha value is -0.670. The minimum absolute atomic E-state index is 0.00321. The number of sulfone groups is 1. The standard InChI is InChI=1S/C12H24N2O5S2/c1-10(2)8-13-12(15)4-6-14(20(3,16)17)11-5-7-21(18,19)9-11/h10-11H,4-9H2,1-3H3,(H,13,15). The second-order valence-corrected chi connectivity index (χ2v) is 10.0. The maximum Gasteiger partial charge on any atom is 0.221 e. The second kappa shape index (κ2) is 7.06. The molecule has 1 saturated heterocycles. The summed E-state index contributed by atoms with van der Waals surface area (Å²) in [5, 5.41) is 2.72. The highest BCUT2D eigenvalue weighted by molar-refractivity contribution is 7.92. The zero-order valence-electron chi connectivity index (χ0n) is 12.7. The Balaban J connectivity index is 2.63. The van der Waals surface area contributed by atoms with Crippen LogP contribution in [0.25, 0.3) is 0 Å². The van der Waals surface area contributed by atoms with E-state index in [1.54, 1.807) is 0 Å². The van der Waals surface area contributed by atoms with Crippen LogP contribution in [0.5, 0.6) is 0 Å². The summed E-state index contributed by atoms with van der Waals surface area (Å²) in [4.78, 5) is 11.7. The topological polar surface area (TPSA) is 101 Å². The molecule has 1 atom stereocenters. The van der Waals surface area contributed by atoms with Gasteiger partial charge in [-0.1, -0.05) is 13.8 Å². The van der Waals surface area contributed by atoms with E-state index in [9.17, 15) is 21.6 Å². The first-order valence-electron chi connectivity index (χ1n) is 6.95. The molecule has 21 heavy (non-hydrogen) atoms. The lowest BCUT2D eigenvalue weighted by molar-refractivity contribution is -0.121. The Morgan fingerprint density at radius 2 is 2.00 bits per heavy atom. The third-order valence-electron chi connectivity index (χ3n) is 3.31. The van der Waals surface area contributed by atoms with Gasteiger partial charge in [0.05, 0.1) is 17.8 Å². The molecule has 0 aromatic carbocycles. The van der Waals surface area contributed by atoms with Crippen molar-refractivity contribution in [3.63, 3.8) is 0 Å². The molecule has 1 N–H and O–H groups in total. The zero-order valence-corrected chi connectivity index (χ0v) is 14.3. The number of hydrogen-bond donors (Lipinski definition) is 1. The summed E-state index contributed by atoms with van der Waals surface area (Å²) in [7, 11) is -6.70. The highest BCUT2D eigenvalue weighted by atomic mass is 32.2. The molecule has 1 amide bonds. The number of rotatable bonds is 7. The SMILES string of the molecule is CC(C)CNC(=O)CCN(C1CCS(=O)(=O)C1)S(C)(=O)=O. The van der Waals surface area contributed by atoms with E-state index in [-0.39, 0.29) is 30.4 Å². The van der Waals surface area contributed by atoms with Crippen LogP contribution in [0, 0.1) is 5.92 Å². The number of nitrogens with one attached hydrogen (secondary N) is 1. The van der Waals surface area contributed by atoms with Gasteiger partial charge in [0.15, 0.2) is 9.84 Å². The average molecular weight is 340 g/mol. The Morgan fingerprint density at radius 1 is 1.38 bits per heavy atom. The van der Waals surface area contributed by atoms with Crippen LogP contribution < -0.4 is 5.32 Å². The van der Waals surface area contributed by atoms with Gasteiger partial charge in [-0.25, -0.2) is 16.8 Å². The number of hydrogen-bond acceptors (Lipinski definition) is 5. The van der Waals surface area contributed by atoms with Gasteiger partial charge >= 0.3 is 0 Å². The fraction of sp³-hybridized carbons (Fsp3) is 0.917. The number of amides is 1. The van der Waals surface area contributed by atoms with Gasteiger partial charge in [0.1, 0.15) is 0 Å². The van der Waals surface area contributed by atoms with Gasteiger partial charge in [-0.05, 0) is 12.3 Å². The van der Waals surface area contributed by atoms with Crippen molar-refractivity contribution >= 4 is 25.8 Å². The Bertz CT molecular complexity index is 568. The van der Waals surface area contributed by atoms with Crippen molar-refractivity contribution in [2.24, 2.45) is 5.92 Å². The van der Waals surface area contributed by atoms with Crippen LogP contribution in [0.4, 0.5) is 0 Å². The summed E-state index contributed by atoms with van der Waals surface area (Å²) in [5.74, 6) is -0.0603. The minimum atomic E-state index is -3.54. The van der Waals surface area contributed by atoms with Crippen LogP contribution in [0.2, 0.25) is 0 Å². The van der Waals surface area contributed by atoms with E-state index in [0.717, 1.165) is 10.6 Å². The van der Waals surface area contributed by atoms with Crippen LogP contribution in [0.1, 0.15) is 26.7 Å². The van der Waals surface area contributed by atoms with Crippen molar-refractivity contribution in [3.05, 3.63) is 0 Å². The number of nitrogens with zero attached hydrogens (tertiary/aromatic N) is 1. The zero-order chi connectivity index (χ0) is 16.3. The van der Waals surface area contributed by atoms with E-state index in [2.05, 4.69) is 5.32 Å². The van der Waals surface area contributed by atoms with Crippen molar-refractivity contribution in [1.29, 1.82) is 0 Å². The van der Waals surface area contributed by atoms with Crippen LogP contribution in [0.3, 0.4) is 0 Å². The molecule has 1 aliphatic heterocycles. The third-order valence-corrected chi connectivity index (χ3v) is 6.39. The largest absolute Gasteiger partial charge is 0.356 e. The molecule has 0 spiro atoms. The summed E-state index contributed by atoms with van der Waals surface area (Å²) in [6.45, 7) is 4.48. The van der Waals surface area contributed by atoms with Gasteiger partial charge in [-0.2, -0.15) is 4.31 Å². The summed E-state index contributed by atoms with van der Waals surface area (Å²) in [6.07, 6.45) is 1.38. The fourth-order valence-corrected chi connectivity index (χ4v) is 5.21. The lowest BCUT2D eigenvalue weighted by atomic mass is 10.2. The Morgan fingerprint density at radius 3 is 2.43 bits per heavy atom. The van der Waals surface area contributed by atoms with Crippen molar-refractivity contribution in [1.82, 2.24) is 9.62 Å². The summed E-state index contributed by atoms with van der Waals surface area (Å²) >= 11 is 0. The molecular formula is C12H24N2O5S2. The smallest absolute Gasteiger partial charge is 0.221 e. The molecule has 124 valence electrons. The number of carbonyl (C=O) groups excluding carboxylic acids is 1. The maximum atomic E-state index is 11.8. The van der Waals surface area contributed by atoms with Crippen LogP contribution in [0.15, 0.2) is 0 Å². The van der Waals surface area contributed by atoms with E-state index in [4.69, 9.17) is 0 Å². The van der Waals surface area contributed by atoms with E-state index in [1.165, 1.54) is 0 Å². The van der Waals surface area contributed by atoms with Gasteiger partial charge in [0.2, 0.25) is 15.9 Å². The normalized spacial score (nSPS) is 21.9. The Kier molecular flexibility index (Phi) is 6.18. The van der Waals surface area contributed by atoms with Crippen LogP contribution >= 0.6 is 0 Å². The second-order valence-electron chi connectivity index (χ2n) is 5.88. The van der Waals surface area contributed by atoms with Gasteiger partial charge in [-0.15, -0.1) is 0 Å². The first-order valence-corrected chi connectivity index (χ1v) is 10.6. The fourth-order valence-electron chi connectivity index (χ4n) is 2.24.